The number of amides is 1. The fraction of sp³-hybridized carbons (Fsp3) is 0.348. The predicted octanol–water partition coefficient (Wildman–Crippen LogP) is 4.60. The van der Waals surface area contributed by atoms with E-state index in [2.05, 4.69) is 4.98 Å². The largest absolute Gasteiger partial charge is 0.378 e. The van der Waals surface area contributed by atoms with Gasteiger partial charge in [0.2, 0.25) is 5.91 Å². The minimum absolute atomic E-state index is 0.00464. The molecule has 0 bridgehead atoms. The number of aromatic amines is 1. The van der Waals surface area contributed by atoms with Crippen LogP contribution in [0.2, 0.25) is 0 Å². The van der Waals surface area contributed by atoms with Gasteiger partial charge in [0, 0.05) is 30.5 Å². The predicted molar refractivity (Wildman–Crippen MR) is 106 cm³/mol. The third-order valence-electron chi connectivity index (χ3n) is 6.22. The highest BCUT2D eigenvalue weighted by molar-refractivity contribution is 5.92. The molecule has 5 rings (SSSR count). The summed E-state index contributed by atoms with van der Waals surface area (Å²) in [4.78, 5) is 17.7. The van der Waals surface area contributed by atoms with Crippen LogP contribution in [0.15, 0.2) is 36.4 Å². The second-order valence-electron chi connectivity index (χ2n) is 8.03. The van der Waals surface area contributed by atoms with Crippen LogP contribution < -0.4 is 0 Å². The molecule has 0 radical (unpaired) electrons. The Balaban J connectivity index is 1.49. The number of rotatable bonds is 3. The zero-order chi connectivity index (χ0) is 20.8. The molecule has 2 heterocycles. The van der Waals surface area contributed by atoms with Crippen molar-refractivity contribution in [1.82, 2.24) is 9.88 Å². The molecule has 0 unspecified atom stereocenters. The topological polar surface area (TPSA) is 45.3 Å². The molecule has 1 aliphatic carbocycles. The van der Waals surface area contributed by atoms with E-state index in [4.69, 9.17) is 4.74 Å². The summed E-state index contributed by atoms with van der Waals surface area (Å²) in [6.45, 7) is 2.31. The van der Waals surface area contributed by atoms with Crippen LogP contribution in [0.4, 0.5) is 13.2 Å². The molecule has 3 aromatic rings. The summed E-state index contributed by atoms with van der Waals surface area (Å²) in [5, 5.41) is 0.481. The Morgan fingerprint density at radius 2 is 1.70 bits per heavy atom. The van der Waals surface area contributed by atoms with Gasteiger partial charge < -0.3 is 14.6 Å². The lowest BCUT2D eigenvalue weighted by molar-refractivity contribution is -0.142. The van der Waals surface area contributed by atoms with Crippen molar-refractivity contribution in [2.45, 2.75) is 18.8 Å². The first-order valence-corrected chi connectivity index (χ1v) is 10.1. The van der Waals surface area contributed by atoms with E-state index in [1.807, 2.05) is 4.90 Å². The number of nitrogens with one attached hydrogen (secondary N) is 1. The van der Waals surface area contributed by atoms with Crippen molar-refractivity contribution in [2.24, 2.45) is 5.92 Å². The van der Waals surface area contributed by atoms with Crippen molar-refractivity contribution in [1.29, 1.82) is 0 Å². The van der Waals surface area contributed by atoms with Gasteiger partial charge in [-0.2, -0.15) is 0 Å². The third-order valence-corrected chi connectivity index (χ3v) is 6.22. The van der Waals surface area contributed by atoms with E-state index in [9.17, 15) is 18.0 Å². The first-order chi connectivity index (χ1) is 14.5. The van der Waals surface area contributed by atoms with Crippen molar-refractivity contribution >= 4 is 16.8 Å². The fourth-order valence-electron chi connectivity index (χ4n) is 4.61. The van der Waals surface area contributed by atoms with Gasteiger partial charge in [0.05, 0.1) is 24.4 Å². The summed E-state index contributed by atoms with van der Waals surface area (Å²) in [6, 6.07) is 8.09. The molecule has 0 spiro atoms. The van der Waals surface area contributed by atoms with Crippen LogP contribution in [0.5, 0.6) is 0 Å². The minimum Gasteiger partial charge on any atom is -0.378 e. The minimum atomic E-state index is -0.667. The smallest absolute Gasteiger partial charge is 0.225 e. The highest BCUT2D eigenvalue weighted by Crippen LogP contribution is 2.48. The number of morpholine rings is 1. The van der Waals surface area contributed by atoms with Crippen LogP contribution >= 0.6 is 0 Å². The maximum atomic E-state index is 14.4. The first-order valence-electron chi connectivity index (χ1n) is 10.1. The summed E-state index contributed by atoms with van der Waals surface area (Å²) in [7, 11) is 0. The van der Waals surface area contributed by atoms with Gasteiger partial charge in [-0.3, -0.25) is 4.79 Å². The SMILES string of the molecule is O=C(C1CC(c2c(-c3ccc(F)cc3)[nH]c3c(F)cc(F)cc23)C1)N1CCOCC1. The molecule has 1 saturated carbocycles. The van der Waals surface area contributed by atoms with Gasteiger partial charge in [-0.05, 0) is 60.2 Å². The molecule has 2 aliphatic rings. The number of hydrogen-bond acceptors (Lipinski definition) is 2. The van der Waals surface area contributed by atoms with E-state index in [0.717, 1.165) is 11.6 Å². The van der Waals surface area contributed by atoms with Crippen LogP contribution in [-0.4, -0.2) is 42.1 Å². The van der Waals surface area contributed by atoms with E-state index in [1.54, 1.807) is 12.1 Å². The third kappa shape index (κ3) is 3.27. The van der Waals surface area contributed by atoms with Gasteiger partial charge in [0.25, 0.3) is 0 Å². The second-order valence-corrected chi connectivity index (χ2v) is 8.03. The average Bonchev–Trinajstić information content (AvgIpc) is 3.07. The second kappa shape index (κ2) is 7.47. The number of halogens is 3. The van der Waals surface area contributed by atoms with E-state index >= 15 is 0 Å². The lowest BCUT2D eigenvalue weighted by atomic mass is 9.69. The number of H-pyrrole nitrogens is 1. The summed E-state index contributed by atoms with van der Waals surface area (Å²) in [5.41, 5.74) is 2.37. The fourth-order valence-corrected chi connectivity index (χ4v) is 4.61. The lowest BCUT2D eigenvalue weighted by Crippen LogP contribution is -2.46. The Kier molecular flexibility index (Phi) is 4.77. The Morgan fingerprint density at radius 3 is 2.40 bits per heavy atom. The van der Waals surface area contributed by atoms with E-state index < -0.39 is 11.6 Å². The Morgan fingerprint density at radius 1 is 1.00 bits per heavy atom. The highest BCUT2D eigenvalue weighted by atomic mass is 19.1. The molecule has 156 valence electrons. The average molecular weight is 414 g/mol. The Bertz CT molecular complexity index is 1100. The molecule has 4 nitrogen and oxygen atoms in total. The maximum Gasteiger partial charge on any atom is 0.225 e. The summed E-state index contributed by atoms with van der Waals surface area (Å²) < 4.78 is 47.2. The molecule has 2 aromatic carbocycles. The Hall–Kier alpha value is -2.80. The molecular weight excluding hydrogens is 393 g/mol. The number of benzene rings is 2. The van der Waals surface area contributed by atoms with Crippen molar-refractivity contribution < 1.29 is 22.7 Å². The van der Waals surface area contributed by atoms with Crippen molar-refractivity contribution in [3.63, 3.8) is 0 Å². The number of ether oxygens (including phenoxy) is 1. The quantitative estimate of drug-likeness (QED) is 0.681. The molecular formula is C23H21F3N2O2. The molecule has 0 atom stereocenters. The van der Waals surface area contributed by atoms with Crippen LogP contribution in [0.25, 0.3) is 22.2 Å². The molecule has 1 amide bonds. The molecule has 30 heavy (non-hydrogen) atoms. The number of hydrogen-bond donors (Lipinski definition) is 1. The summed E-state index contributed by atoms with van der Waals surface area (Å²) >= 11 is 0. The van der Waals surface area contributed by atoms with Crippen LogP contribution in [0.1, 0.15) is 24.3 Å². The van der Waals surface area contributed by atoms with Crippen molar-refractivity contribution in [3.05, 3.63) is 59.4 Å². The van der Waals surface area contributed by atoms with E-state index in [-0.39, 0.29) is 29.1 Å². The van der Waals surface area contributed by atoms with Crippen LogP contribution in [0.3, 0.4) is 0 Å². The van der Waals surface area contributed by atoms with Gasteiger partial charge in [0.1, 0.15) is 17.5 Å². The standard InChI is InChI=1S/C23H21F3N2O2/c24-16-3-1-13(2-4-16)21-20(18-11-17(25)12-19(26)22(18)27-21)14-9-15(10-14)23(29)28-5-7-30-8-6-28/h1-4,11-12,14-15,27H,5-10H2. The molecule has 7 heteroatoms. The molecule has 1 N–H and O–H groups in total. The number of carbonyl (C=O) groups excluding carboxylic acids is 1. The molecule has 1 saturated heterocycles. The maximum absolute atomic E-state index is 14.4. The monoisotopic (exact) mass is 414 g/mol. The number of nitrogens with zero attached hydrogens (tertiary/aromatic N) is 1. The number of fused-ring (bicyclic) bond motifs is 1. The Labute approximate surface area is 171 Å². The summed E-state index contributed by atoms with van der Waals surface area (Å²) in [5.74, 6) is -1.66. The number of aromatic nitrogens is 1. The van der Waals surface area contributed by atoms with Gasteiger partial charge >= 0.3 is 0 Å². The zero-order valence-corrected chi connectivity index (χ0v) is 16.3. The molecule has 2 fully saturated rings. The zero-order valence-electron chi connectivity index (χ0n) is 16.3. The van der Waals surface area contributed by atoms with Crippen LogP contribution in [0, 0.1) is 23.4 Å². The molecule has 1 aromatic heterocycles. The van der Waals surface area contributed by atoms with Crippen molar-refractivity contribution in [3.8, 4) is 11.3 Å². The number of carbonyl (C=O) groups is 1. The molecule has 1 aliphatic heterocycles. The van der Waals surface area contributed by atoms with Gasteiger partial charge in [-0.25, -0.2) is 13.2 Å². The van der Waals surface area contributed by atoms with Crippen LogP contribution in [-0.2, 0) is 9.53 Å². The van der Waals surface area contributed by atoms with E-state index in [1.165, 1.54) is 18.2 Å². The van der Waals surface area contributed by atoms with E-state index in [0.29, 0.717) is 55.8 Å². The highest BCUT2D eigenvalue weighted by Gasteiger charge is 2.40. The van der Waals surface area contributed by atoms with Gasteiger partial charge in [0.15, 0.2) is 0 Å². The normalized spacial score (nSPS) is 21.6. The van der Waals surface area contributed by atoms with Crippen molar-refractivity contribution in [2.75, 3.05) is 26.3 Å². The lowest BCUT2D eigenvalue weighted by Gasteiger charge is -2.39. The summed E-state index contributed by atoms with van der Waals surface area (Å²) in [6.07, 6.45) is 1.24. The van der Waals surface area contributed by atoms with Gasteiger partial charge in [-0.1, -0.05) is 0 Å². The first kappa shape index (κ1) is 19.2. The van der Waals surface area contributed by atoms with Gasteiger partial charge in [-0.15, -0.1) is 0 Å².